The monoisotopic (exact) mass is 413 g/mol. The SMILES string of the molecule is C/C=C/C=C/[C@@H]1C[C@@H](O)CCN1c1ccc(OC)cc1.[C-]#[O+].[C-]#[O+].[C-]#[O+].[Fe]. The van der Waals surface area contributed by atoms with Crippen molar-refractivity contribution >= 4 is 5.69 Å². The molecule has 2 rings (SSSR count). The van der Waals surface area contributed by atoms with Crippen LogP contribution < -0.4 is 9.64 Å². The van der Waals surface area contributed by atoms with Crippen molar-refractivity contribution in [2.45, 2.75) is 31.9 Å². The number of aliphatic hydroxyl groups excluding tert-OH is 1. The topological polar surface area (TPSA) is 92.4 Å². The smallest absolute Gasteiger partial charge is 0 e. The van der Waals surface area contributed by atoms with Crippen LogP contribution in [0.3, 0.4) is 0 Å². The predicted octanol–water partition coefficient (Wildman–Crippen LogP) is 3.04. The molecule has 0 unspecified atom stereocenters. The van der Waals surface area contributed by atoms with Crippen LogP contribution in [-0.4, -0.2) is 30.9 Å². The molecule has 0 spiro atoms. The zero-order valence-corrected chi connectivity index (χ0v) is 16.4. The van der Waals surface area contributed by atoms with E-state index in [1.165, 1.54) is 5.69 Å². The van der Waals surface area contributed by atoms with Gasteiger partial charge in [-0.15, -0.1) is 0 Å². The van der Waals surface area contributed by atoms with Crippen LogP contribution in [0.4, 0.5) is 5.69 Å². The Balaban J connectivity index is -0.000000749. The Hall–Kier alpha value is -2.00. The Morgan fingerprint density at radius 3 is 2.11 bits per heavy atom. The molecule has 1 heterocycles. The van der Waals surface area contributed by atoms with Gasteiger partial charge in [0.25, 0.3) is 0 Å². The number of benzene rings is 1. The molecule has 0 aliphatic carbocycles. The molecule has 0 saturated carbocycles. The zero-order valence-electron chi connectivity index (χ0n) is 15.3. The number of allylic oxidation sites excluding steroid dienone is 3. The molecule has 0 radical (unpaired) electrons. The molecule has 2 atom stereocenters. The van der Waals surface area contributed by atoms with Crippen molar-refractivity contribution in [1.82, 2.24) is 0 Å². The summed E-state index contributed by atoms with van der Waals surface area (Å²) >= 11 is 0. The van der Waals surface area contributed by atoms with Crippen molar-refractivity contribution < 1.29 is 40.9 Å². The third-order valence-corrected chi connectivity index (χ3v) is 3.66. The summed E-state index contributed by atoms with van der Waals surface area (Å²) in [4.78, 5) is 2.34. The van der Waals surface area contributed by atoms with Crippen LogP contribution >= 0.6 is 0 Å². The summed E-state index contributed by atoms with van der Waals surface area (Å²) in [5, 5.41) is 9.88. The van der Waals surface area contributed by atoms with Crippen molar-refractivity contribution in [3.05, 3.63) is 68.5 Å². The van der Waals surface area contributed by atoms with E-state index >= 15 is 0 Å². The molecule has 0 aromatic heterocycles. The zero-order chi connectivity index (χ0) is 20.4. The Morgan fingerprint density at radius 2 is 1.63 bits per heavy atom. The average Bonchev–Trinajstić information content (AvgIpc) is 2.73. The summed E-state index contributed by atoms with van der Waals surface area (Å²) in [5.41, 5.74) is 1.17. The van der Waals surface area contributed by atoms with Gasteiger partial charge in [-0.05, 0) is 44.0 Å². The first kappa shape index (κ1) is 29.8. The maximum atomic E-state index is 9.88. The van der Waals surface area contributed by atoms with E-state index in [0.717, 1.165) is 25.1 Å². The maximum Gasteiger partial charge on any atom is 0 e. The quantitative estimate of drug-likeness (QED) is 0.356. The number of ether oxygens (including phenoxy) is 1. The first-order valence-corrected chi connectivity index (χ1v) is 7.74. The van der Waals surface area contributed by atoms with Gasteiger partial charge in [-0.3, -0.25) is 0 Å². The fourth-order valence-corrected chi connectivity index (χ4v) is 2.56. The molecule has 1 N–H and O–H groups in total. The maximum absolute atomic E-state index is 9.88. The Labute approximate surface area is 171 Å². The van der Waals surface area contributed by atoms with Crippen LogP contribution in [0.15, 0.2) is 48.6 Å². The Kier molecular flexibility index (Phi) is 22.4. The number of hydrogen-bond donors (Lipinski definition) is 1. The fourth-order valence-electron chi connectivity index (χ4n) is 2.56. The molecule has 7 heteroatoms. The van der Waals surface area contributed by atoms with Gasteiger partial charge < -0.3 is 14.7 Å². The van der Waals surface area contributed by atoms with Gasteiger partial charge in [-0.2, -0.15) is 0 Å². The number of methoxy groups -OCH3 is 1. The molecule has 1 fully saturated rings. The number of nitrogens with zero attached hydrogens (tertiary/aromatic N) is 1. The fraction of sp³-hybridized carbons (Fsp3) is 0.350. The van der Waals surface area contributed by atoms with Gasteiger partial charge in [0.1, 0.15) is 5.75 Å². The van der Waals surface area contributed by atoms with Gasteiger partial charge in [0.2, 0.25) is 0 Å². The summed E-state index contributed by atoms with van der Waals surface area (Å²) in [5.74, 6) is 0.867. The van der Waals surface area contributed by atoms with E-state index in [-0.39, 0.29) is 29.2 Å². The van der Waals surface area contributed by atoms with Crippen LogP contribution in [0, 0.1) is 20.0 Å². The van der Waals surface area contributed by atoms with Crippen molar-refractivity contribution in [3.63, 3.8) is 0 Å². The van der Waals surface area contributed by atoms with Crippen LogP contribution in [0.5, 0.6) is 5.75 Å². The van der Waals surface area contributed by atoms with E-state index < -0.39 is 0 Å². The second kappa shape index (κ2) is 20.3. The molecular weight excluding hydrogens is 390 g/mol. The predicted molar refractivity (Wildman–Crippen MR) is 95.1 cm³/mol. The molecular formula is C20H23FeNO5. The van der Waals surface area contributed by atoms with E-state index in [2.05, 4.69) is 49.1 Å². The van der Waals surface area contributed by atoms with Gasteiger partial charge in [-0.25, -0.2) is 0 Å². The first-order chi connectivity index (χ1) is 12.7. The van der Waals surface area contributed by atoms with E-state index in [0.29, 0.717) is 0 Å². The molecule has 6 nitrogen and oxygen atoms in total. The minimum Gasteiger partial charge on any atom is 0 e. The molecule has 27 heavy (non-hydrogen) atoms. The third-order valence-electron chi connectivity index (χ3n) is 3.66. The van der Waals surface area contributed by atoms with E-state index in [1.54, 1.807) is 7.11 Å². The summed E-state index contributed by atoms with van der Waals surface area (Å²) in [6, 6.07) is 8.35. The summed E-state index contributed by atoms with van der Waals surface area (Å²) in [6.45, 7) is 16.4. The molecule has 1 saturated heterocycles. The van der Waals surface area contributed by atoms with E-state index in [4.69, 9.17) is 18.7 Å². The van der Waals surface area contributed by atoms with Crippen LogP contribution in [0.1, 0.15) is 19.8 Å². The third kappa shape index (κ3) is 11.3. The van der Waals surface area contributed by atoms with Crippen molar-refractivity contribution in [2.75, 3.05) is 18.6 Å². The molecule has 0 amide bonds. The molecule has 146 valence electrons. The van der Waals surface area contributed by atoms with Crippen LogP contribution in [-0.2, 0) is 31.0 Å². The first-order valence-electron chi connectivity index (χ1n) is 7.74. The van der Waals surface area contributed by atoms with Crippen molar-refractivity contribution in [1.29, 1.82) is 0 Å². The normalized spacial score (nSPS) is 17.7. The Morgan fingerprint density at radius 1 is 1.07 bits per heavy atom. The molecule has 0 bridgehead atoms. The second-order valence-electron chi connectivity index (χ2n) is 5.05. The van der Waals surface area contributed by atoms with Crippen molar-refractivity contribution in [2.24, 2.45) is 0 Å². The summed E-state index contributed by atoms with van der Waals surface area (Å²) < 4.78 is 27.7. The van der Waals surface area contributed by atoms with Gasteiger partial charge in [0, 0.05) is 29.3 Å². The van der Waals surface area contributed by atoms with Gasteiger partial charge in [0.05, 0.1) is 19.3 Å². The standard InChI is InChI=1S/C17H23NO2.3CO.Fe/c1-3-4-5-6-15-13-16(19)11-12-18(15)14-7-9-17(20-2)10-8-14;3*1-2;/h3-10,15-16,19H,11-13H2,1-2H3;;;;/b4-3+,6-5+;;;;/t15-,16+;;;;/m1..../s1. The molecule has 1 aromatic rings. The minimum absolute atomic E-state index is 0. The van der Waals surface area contributed by atoms with Crippen LogP contribution in [0.25, 0.3) is 0 Å². The number of piperidine rings is 1. The number of anilines is 1. The van der Waals surface area contributed by atoms with E-state index in [9.17, 15) is 5.11 Å². The summed E-state index contributed by atoms with van der Waals surface area (Å²) in [7, 11) is 1.68. The summed E-state index contributed by atoms with van der Waals surface area (Å²) in [6.07, 6.45) is 9.64. The second-order valence-corrected chi connectivity index (χ2v) is 5.05. The van der Waals surface area contributed by atoms with E-state index in [1.807, 2.05) is 31.2 Å². The molecule has 1 aliphatic rings. The molecule has 1 aliphatic heterocycles. The molecule has 1 aromatic carbocycles. The van der Waals surface area contributed by atoms with Gasteiger partial charge in [-0.1, -0.05) is 24.3 Å². The number of hydrogen-bond acceptors (Lipinski definition) is 3. The largest absolute Gasteiger partial charge is 0 e. The average molecular weight is 413 g/mol. The van der Waals surface area contributed by atoms with Crippen molar-refractivity contribution in [3.8, 4) is 5.75 Å². The van der Waals surface area contributed by atoms with Gasteiger partial charge in [0.15, 0.2) is 0 Å². The number of rotatable bonds is 4. The Bertz CT molecular complexity index is 578. The van der Waals surface area contributed by atoms with Crippen LogP contribution in [0.2, 0.25) is 0 Å². The minimum atomic E-state index is -0.204. The number of aliphatic hydroxyl groups is 1. The van der Waals surface area contributed by atoms with Gasteiger partial charge >= 0.3 is 33.9 Å².